The number of allylic oxidation sites excluding steroid dienone is 2. The van der Waals surface area contributed by atoms with Gasteiger partial charge in [-0.1, -0.05) is 12.2 Å². The number of hydrogen-bond acceptors (Lipinski definition) is 3. The van der Waals surface area contributed by atoms with Crippen molar-refractivity contribution in [1.29, 1.82) is 0 Å². The average molecular weight is 206 g/mol. The molecule has 82 valence electrons. The summed E-state index contributed by atoms with van der Waals surface area (Å²) in [4.78, 5) is 17.7. The Labute approximate surface area is 91.2 Å². The normalized spacial score (nSPS) is 15.4. The Morgan fingerprint density at radius 2 is 2.13 bits per heavy atom. The third-order valence-electron chi connectivity index (χ3n) is 2.49. The monoisotopic (exact) mass is 206 g/mol. The molecule has 0 bridgehead atoms. The van der Waals surface area contributed by atoms with Crippen molar-refractivity contribution in [2.75, 3.05) is 13.1 Å². The largest absolute Gasteiger partial charge is 0.360 e. The lowest BCUT2D eigenvalue weighted by atomic mass is 10.2. The van der Waals surface area contributed by atoms with E-state index in [-0.39, 0.29) is 5.78 Å². The fourth-order valence-electron chi connectivity index (χ4n) is 1.54. The number of aliphatic imine (C=N–C) groups is 1. The molecule has 0 atom stereocenters. The van der Waals surface area contributed by atoms with Crippen LogP contribution in [0.25, 0.3) is 0 Å². The molecule has 1 rings (SSSR count). The topological polar surface area (TPSA) is 32.7 Å². The van der Waals surface area contributed by atoms with Crippen LogP contribution < -0.4 is 0 Å². The Bertz CT molecular complexity index is 323. The molecule has 3 nitrogen and oxygen atoms in total. The van der Waals surface area contributed by atoms with Crippen LogP contribution in [0.5, 0.6) is 0 Å². The van der Waals surface area contributed by atoms with Gasteiger partial charge in [-0.15, -0.1) is 0 Å². The molecule has 0 aliphatic carbocycles. The van der Waals surface area contributed by atoms with Crippen molar-refractivity contribution >= 4 is 11.6 Å². The van der Waals surface area contributed by atoms with Gasteiger partial charge in [-0.25, -0.2) is 4.99 Å². The Hall–Kier alpha value is -1.38. The molecule has 0 spiro atoms. The van der Waals surface area contributed by atoms with Crippen LogP contribution in [0.15, 0.2) is 28.9 Å². The van der Waals surface area contributed by atoms with E-state index in [0.717, 1.165) is 25.3 Å². The molecule has 0 aromatic carbocycles. The Morgan fingerprint density at radius 3 is 2.67 bits per heavy atom. The smallest absolute Gasteiger partial charge is 0.161 e. The number of amidine groups is 1. The minimum Gasteiger partial charge on any atom is -0.360 e. The summed E-state index contributed by atoms with van der Waals surface area (Å²) in [6, 6.07) is 0. The minimum atomic E-state index is 0.0656. The van der Waals surface area contributed by atoms with Gasteiger partial charge in [0.1, 0.15) is 5.84 Å². The summed E-state index contributed by atoms with van der Waals surface area (Å²) in [5.74, 6) is 1.10. The van der Waals surface area contributed by atoms with Gasteiger partial charge < -0.3 is 4.90 Å². The van der Waals surface area contributed by atoms with Crippen LogP contribution in [0, 0.1) is 0 Å². The van der Waals surface area contributed by atoms with Crippen molar-refractivity contribution in [3.05, 3.63) is 23.9 Å². The average Bonchev–Trinajstić information content (AvgIpc) is 2.45. The van der Waals surface area contributed by atoms with Crippen LogP contribution in [0.4, 0.5) is 0 Å². The number of ketones is 1. The zero-order valence-corrected chi connectivity index (χ0v) is 9.66. The maximum absolute atomic E-state index is 11.2. The molecular formula is C12H18N2O. The molecule has 3 heteroatoms. The first-order valence-corrected chi connectivity index (χ1v) is 5.38. The van der Waals surface area contributed by atoms with Gasteiger partial charge in [0, 0.05) is 31.3 Å². The summed E-state index contributed by atoms with van der Waals surface area (Å²) in [5.41, 5.74) is 0.678. The van der Waals surface area contributed by atoms with E-state index in [1.165, 1.54) is 0 Å². The van der Waals surface area contributed by atoms with Crippen molar-refractivity contribution < 1.29 is 4.79 Å². The van der Waals surface area contributed by atoms with Gasteiger partial charge in [-0.3, -0.25) is 4.79 Å². The summed E-state index contributed by atoms with van der Waals surface area (Å²) in [5, 5.41) is 0. The van der Waals surface area contributed by atoms with Crippen molar-refractivity contribution in [1.82, 2.24) is 4.90 Å². The van der Waals surface area contributed by atoms with Gasteiger partial charge in [0.2, 0.25) is 0 Å². The molecular weight excluding hydrogens is 188 g/mol. The third kappa shape index (κ3) is 3.05. The quantitative estimate of drug-likeness (QED) is 0.709. The van der Waals surface area contributed by atoms with Crippen molar-refractivity contribution in [2.45, 2.75) is 27.2 Å². The van der Waals surface area contributed by atoms with E-state index in [1.54, 1.807) is 13.1 Å². The van der Waals surface area contributed by atoms with E-state index in [4.69, 9.17) is 0 Å². The highest BCUT2D eigenvalue weighted by atomic mass is 16.1. The molecule has 1 aliphatic heterocycles. The van der Waals surface area contributed by atoms with Gasteiger partial charge in [-0.05, 0) is 20.8 Å². The van der Waals surface area contributed by atoms with Gasteiger partial charge in [0.15, 0.2) is 5.78 Å². The molecule has 0 radical (unpaired) electrons. The van der Waals surface area contributed by atoms with Gasteiger partial charge in [0.25, 0.3) is 0 Å². The molecule has 0 N–H and O–H groups in total. The summed E-state index contributed by atoms with van der Waals surface area (Å²) < 4.78 is 0. The Kier molecular flexibility index (Phi) is 4.28. The highest BCUT2D eigenvalue weighted by Gasteiger charge is 2.08. The van der Waals surface area contributed by atoms with Crippen molar-refractivity contribution in [3.8, 4) is 0 Å². The maximum Gasteiger partial charge on any atom is 0.161 e. The number of rotatable bonds is 3. The second-order valence-electron chi connectivity index (χ2n) is 3.46. The lowest BCUT2D eigenvalue weighted by molar-refractivity contribution is -0.113. The maximum atomic E-state index is 11.2. The fraction of sp³-hybridized carbons (Fsp3) is 0.500. The molecule has 0 saturated carbocycles. The number of Topliss-reactive ketones (excluding diaryl/α,β-unsaturated/α-hetero) is 1. The van der Waals surface area contributed by atoms with Crippen LogP contribution in [0.2, 0.25) is 0 Å². The summed E-state index contributed by atoms with van der Waals surface area (Å²) in [6.07, 6.45) is 6.31. The van der Waals surface area contributed by atoms with Crippen molar-refractivity contribution in [3.63, 3.8) is 0 Å². The van der Waals surface area contributed by atoms with E-state index in [0.29, 0.717) is 5.57 Å². The van der Waals surface area contributed by atoms with Gasteiger partial charge in [-0.2, -0.15) is 0 Å². The summed E-state index contributed by atoms with van der Waals surface area (Å²) >= 11 is 0. The first-order chi connectivity index (χ1) is 7.19. The van der Waals surface area contributed by atoms with Crippen LogP contribution >= 0.6 is 0 Å². The number of carbonyl (C=O) groups is 1. The Morgan fingerprint density at radius 1 is 1.47 bits per heavy atom. The SMILES string of the molecule is CCN(CC)C1=NC=C(C(C)=O)C=CC1. The minimum absolute atomic E-state index is 0.0656. The summed E-state index contributed by atoms with van der Waals surface area (Å²) in [7, 11) is 0. The predicted molar refractivity (Wildman–Crippen MR) is 62.9 cm³/mol. The second kappa shape index (κ2) is 5.49. The van der Waals surface area contributed by atoms with Crippen LogP contribution in [0.3, 0.4) is 0 Å². The zero-order chi connectivity index (χ0) is 11.3. The van der Waals surface area contributed by atoms with Crippen LogP contribution in [0.1, 0.15) is 27.2 Å². The van der Waals surface area contributed by atoms with Crippen LogP contribution in [-0.4, -0.2) is 29.6 Å². The lowest BCUT2D eigenvalue weighted by Gasteiger charge is -2.21. The van der Waals surface area contributed by atoms with E-state index in [2.05, 4.69) is 23.7 Å². The highest BCUT2D eigenvalue weighted by molar-refractivity contribution is 5.97. The van der Waals surface area contributed by atoms with Gasteiger partial charge >= 0.3 is 0 Å². The zero-order valence-electron chi connectivity index (χ0n) is 9.66. The highest BCUT2D eigenvalue weighted by Crippen LogP contribution is 2.08. The van der Waals surface area contributed by atoms with Gasteiger partial charge in [0.05, 0.1) is 0 Å². The lowest BCUT2D eigenvalue weighted by Crippen LogP contribution is -2.29. The van der Waals surface area contributed by atoms with E-state index < -0.39 is 0 Å². The first-order valence-electron chi connectivity index (χ1n) is 5.38. The molecule has 0 amide bonds. The molecule has 0 aromatic rings. The summed E-state index contributed by atoms with van der Waals surface area (Å²) in [6.45, 7) is 7.68. The molecule has 1 heterocycles. The van der Waals surface area contributed by atoms with E-state index in [1.807, 2.05) is 12.2 Å². The molecule has 0 aromatic heterocycles. The molecule has 15 heavy (non-hydrogen) atoms. The van der Waals surface area contributed by atoms with Crippen LogP contribution in [-0.2, 0) is 4.79 Å². The first kappa shape index (κ1) is 11.7. The number of carbonyl (C=O) groups excluding carboxylic acids is 1. The standard InChI is InChI=1S/C12H18N2O/c1-4-14(5-2)12-8-6-7-11(9-13-12)10(3)15/h6-7,9H,4-5,8H2,1-3H3. The second-order valence-corrected chi connectivity index (χ2v) is 3.46. The van der Waals surface area contributed by atoms with E-state index in [9.17, 15) is 4.79 Å². The predicted octanol–water partition coefficient (Wildman–Crippen LogP) is 2.16. The molecule has 0 fully saturated rings. The Balaban J connectivity index is 2.87. The third-order valence-corrected chi connectivity index (χ3v) is 2.49. The molecule has 1 aliphatic rings. The van der Waals surface area contributed by atoms with E-state index >= 15 is 0 Å². The number of hydrogen-bond donors (Lipinski definition) is 0. The molecule has 0 unspecified atom stereocenters. The van der Waals surface area contributed by atoms with Crippen molar-refractivity contribution in [2.24, 2.45) is 4.99 Å². The molecule has 0 saturated heterocycles. The fourth-order valence-corrected chi connectivity index (χ4v) is 1.54. The number of nitrogens with zero attached hydrogens (tertiary/aromatic N) is 2.